The number of nitrogens with one attached hydrogen (secondary N) is 2. The lowest BCUT2D eigenvalue weighted by Crippen LogP contribution is -2.09. The Morgan fingerprint density at radius 1 is 1.80 bits per heavy atom. The fourth-order valence-corrected chi connectivity index (χ4v) is 0.484. The van der Waals surface area contributed by atoms with Gasteiger partial charge in [0.25, 0.3) is 0 Å². The van der Waals surface area contributed by atoms with Crippen LogP contribution in [0.3, 0.4) is 0 Å². The molecule has 0 amide bonds. The van der Waals surface area contributed by atoms with Gasteiger partial charge in [-0.2, -0.15) is 5.48 Å². The summed E-state index contributed by atoms with van der Waals surface area (Å²) in [7, 11) is 0. The van der Waals surface area contributed by atoms with Crippen LogP contribution >= 0.6 is 12.2 Å². The van der Waals surface area contributed by atoms with Gasteiger partial charge in [-0.05, 0) is 12.2 Å². The molecule has 1 rings (SSSR count). The molecule has 1 fully saturated rings. The van der Waals surface area contributed by atoms with Crippen LogP contribution in [0.5, 0.6) is 0 Å². The molecule has 0 unspecified atom stereocenters. The van der Waals surface area contributed by atoms with Crippen molar-refractivity contribution >= 4 is 12.2 Å². The van der Waals surface area contributed by atoms with Gasteiger partial charge < -0.3 is 0 Å². The SMILES string of the molecule is C1NO[SH]N1. The second-order valence-electron chi connectivity index (χ2n) is 0.662. The van der Waals surface area contributed by atoms with E-state index in [4.69, 9.17) is 0 Å². The first kappa shape index (κ1) is 3.42. The molecule has 0 spiro atoms. The standard InChI is InChI=1S/CH5N2OS/c1-2-4-5-3-1/h2-3,5H,1H2. The summed E-state index contributed by atoms with van der Waals surface area (Å²) in [6, 6.07) is 0. The molecule has 1 radical (unpaired) electrons. The second-order valence-corrected chi connectivity index (χ2v) is 1.34. The minimum atomic E-state index is 0.765. The molecular formula is CH5N2OS. The van der Waals surface area contributed by atoms with E-state index in [1.807, 2.05) is 0 Å². The van der Waals surface area contributed by atoms with E-state index < -0.39 is 0 Å². The quantitative estimate of drug-likeness (QED) is 0.348. The third kappa shape index (κ3) is 0.769. The lowest BCUT2D eigenvalue weighted by molar-refractivity contribution is 0.269. The van der Waals surface area contributed by atoms with Crippen molar-refractivity contribution in [2.75, 3.05) is 6.67 Å². The van der Waals surface area contributed by atoms with E-state index in [2.05, 4.69) is 14.5 Å². The molecule has 0 aromatic heterocycles. The van der Waals surface area contributed by atoms with Crippen LogP contribution in [0.25, 0.3) is 0 Å². The third-order valence-electron chi connectivity index (χ3n) is 0.326. The van der Waals surface area contributed by atoms with Gasteiger partial charge in [0.1, 0.15) is 0 Å². The van der Waals surface area contributed by atoms with E-state index in [0.717, 1.165) is 18.9 Å². The van der Waals surface area contributed by atoms with E-state index >= 15 is 0 Å². The Morgan fingerprint density at radius 3 is 3.00 bits per heavy atom. The number of hydrogen-bond donors (Lipinski definition) is 3. The molecule has 3 nitrogen and oxygen atoms in total. The van der Waals surface area contributed by atoms with Gasteiger partial charge >= 0.3 is 0 Å². The number of hydroxylamine groups is 1. The maximum atomic E-state index is 4.56. The Kier molecular flexibility index (Phi) is 1.10. The summed E-state index contributed by atoms with van der Waals surface area (Å²) in [5.41, 5.74) is 2.60. The highest BCUT2D eigenvalue weighted by Gasteiger charge is 1.89. The zero-order valence-corrected chi connectivity index (χ0v) is 3.46. The lowest BCUT2D eigenvalue weighted by atomic mass is 11.3. The van der Waals surface area contributed by atoms with Crippen molar-refractivity contribution < 1.29 is 4.28 Å². The van der Waals surface area contributed by atoms with Gasteiger partial charge in [0.2, 0.25) is 0 Å². The maximum absolute atomic E-state index is 4.56. The Morgan fingerprint density at radius 2 is 2.80 bits per heavy atom. The maximum Gasteiger partial charge on any atom is 0.0815 e. The minimum absolute atomic E-state index is 0.765. The van der Waals surface area contributed by atoms with Gasteiger partial charge in [-0.3, -0.25) is 0 Å². The summed E-state index contributed by atoms with van der Waals surface area (Å²) in [5, 5.41) is 0. The highest BCUT2D eigenvalue weighted by atomic mass is 32.2. The number of thiol groups is 1. The molecule has 1 aliphatic rings. The average molecular weight is 93.1 g/mol. The fourth-order valence-electron chi connectivity index (χ4n) is 0.161. The van der Waals surface area contributed by atoms with Crippen LogP contribution in [0.1, 0.15) is 0 Å². The lowest BCUT2D eigenvalue weighted by Gasteiger charge is -1.77. The summed E-state index contributed by atoms with van der Waals surface area (Å²) >= 11 is 0.830. The Hall–Kier alpha value is 0.230. The summed E-state index contributed by atoms with van der Waals surface area (Å²) in [6.45, 7) is 0.765. The molecule has 5 heavy (non-hydrogen) atoms. The zero-order valence-electron chi connectivity index (χ0n) is 2.56. The molecule has 0 atom stereocenters. The summed E-state index contributed by atoms with van der Waals surface area (Å²) < 4.78 is 7.42. The number of hydrogen-bond acceptors (Lipinski definition) is 3. The largest absolute Gasteiger partial charge is 0.236 e. The van der Waals surface area contributed by atoms with Crippen molar-refractivity contribution in [3.8, 4) is 0 Å². The first-order valence-corrected chi connectivity index (χ1v) is 2.13. The molecular weight excluding hydrogens is 88.1 g/mol. The van der Waals surface area contributed by atoms with Crippen LogP contribution in [0, 0.1) is 0 Å². The molecule has 0 bridgehead atoms. The van der Waals surface area contributed by atoms with Gasteiger partial charge in [-0.25, -0.2) is 9.01 Å². The average Bonchev–Trinajstić information content (AvgIpc) is 1.76. The predicted octanol–water partition coefficient (Wildman–Crippen LogP) is -0.636. The summed E-state index contributed by atoms with van der Waals surface area (Å²) in [5.74, 6) is 0. The van der Waals surface area contributed by atoms with Crippen molar-refractivity contribution in [3.05, 3.63) is 0 Å². The highest BCUT2D eigenvalue weighted by molar-refractivity contribution is 7.92. The molecule has 0 aromatic carbocycles. The van der Waals surface area contributed by atoms with E-state index in [0.29, 0.717) is 0 Å². The monoisotopic (exact) mass is 93.0 g/mol. The van der Waals surface area contributed by atoms with Gasteiger partial charge in [-0.15, -0.1) is 0 Å². The molecule has 1 heterocycles. The van der Waals surface area contributed by atoms with E-state index in [1.165, 1.54) is 0 Å². The van der Waals surface area contributed by atoms with Gasteiger partial charge in [0.15, 0.2) is 0 Å². The van der Waals surface area contributed by atoms with Crippen LogP contribution in [0.15, 0.2) is 0 Å². The summed E-state index contributed by atoms with van der Waals surface area (Å²) in [4.78, 5) is 0. The molecule has 1 aliphatic heterocycles. The molecule has 0 aromatic rings. The zero-order chi connectivity index (χ0) is 3.54. The van der Waals surface area contributed by atoms with Crippen molar-refractivity contribution in [1.82, 2.24) is 10.2 Å². The summed E-state index contributed by atoms with van der Waals surface area (Å²) in [6.07, 6.45) is 0. The minimum Gasteiger partial charge on any atom is -0.236 e. The molecule has 1 saturated heterocycles. The molecule has 0 saturated carbocycles. The van der Waals surface area contributed by atoms with Crippen LogP contribution in [-0.4, -0.2) is 6.67 Å². The third-order valence-corrected chi connectivity index (χ3v) is 0.834. The van der Waals surface area contributed by atoms with Gasteiger partial charge in [0, 0.05) is 0 Å². The van der Waals surface area contributed by atoms with Crippen LogP contribution in [-0.2, 0) is 4.28 Å². The Balaban J connectivity index is 2.08. The number of rotatable bonds is 0. The van der Waals surface area contributed by atoms with Crippen LogP contribution < -0.4 is 10.2 Å². The Labute approximate surface area is 34.4 Å². The molecule has 4 heteroatoms. The van der Waals surface area contributed by atoms with Gasteiger partial charge in [0.05, 0.1) is 6.67 Å². The molecule has 31 valence electrons. The van der Waals surface area contributed by atoms with Crippen LogP contribution in [0.2, 0.25) is 0 Å². The van der Waals surface area contributed by atoms with Crippen molar-refractivity contribution in [2.24, 2.45) is 0 Å². The highest BCUT2D eigenvalue weighted by Crippen LogP contribution is 1.93. The first-order valence-electron chi connectivity index (χ1n) is 1.32. The van der Waals surface area contributed by atoms with Crippen molar-refractivity contribution in [1.29, 1.82) is 0 Å². The molecule has 0 aliphatic carbocycles. The first-order chi connectivity index (χ1) is 2.50. The van der Waals surface area contributed by atoms with E-state index in [9.17, 15) is 0 Å². The fraction of sp³-hybridized carbons (Fsp3) is 1.00. The van der Waals surface area contributed by atoms with Crippen LogP contribution in [0.4, 0.5) is 0 Å². The normalized spacial score (nSPS) is 24.0. The molecule has 2 N–H and O–H groups in total. The van der Waals surface area contributed by atoms with Crippen molar-refractivity contribution in [3.63, 3.8) is 0 Å². The smallest absolute Gasteiger partial charge is 0.0815 e. The van der Waals surface area contributed by atoms with Crippen molar-refractivity contribution in [2.45, 2.75) is 0 Å². The van der Waals surface area contributed by atoms with E-state index in [-0.39, 0.29) is 0 Å². The van der Waals surface area contributed by atoms with Gasteiger partial charge in [-0.1, -0.05) is 0 Å². The topological polar surface area (TPSA) is 33.3 Å². The predicted molar refractivity (Wildman–Crippen MR) is 21.2 cm³/mol. The van der Waals surface area contributed by atoms with E-state index in [1.54, 1.807) is 0 Å². The Bertz CT molecular complexity index is 21.2. The second kappa shape index (κ2) is 1.61.